The summed E-state index contributed by atoms with van der Waals surface area (Å²) in [5.74, 6) is 1.85. The fourth-order valence-corrected chi connectivity index (χ4v) is 2.61. The molecule has 0 saturated carbocycles. The van der Waals surface area contributed by atoms with Crippen LogP contribution < -0.4 is 20.5 Å². The zero-order chi connectivity index (χ0) is 17.4. The summed E-state index contributed by atoms with van der Waals surface area (Å²) in [5.41, 5.74) is 6.98. The van der Waals surface area contributed by atoms with Gasteiger partial charge in [-0.2, -0.15) is 0 Å². The summed E-state index contributed by atoms with van der Waals surface area (Å²) in [4.78, 5) is 6.77. The molecule has 0 amide bonds. The molecule has 1 heterocycles. The fourth-order valence-electron chi connectivity index (χ4n) is 2.61. The van der Waals surface area contributed by atoms with Crippen molar-refractivity contribution >= 4 is 29.9 Å². The number of rotatable bonds is 7. The van der Waals surface area contributed by atoms with Crippen molar-refractivity contribution in [2.24, 2.45) is 10.7 Å². The molecule has 25 heavy (non-hydrogen) atoms. The Morgan fingerprint density at radius 2 is 1.96 bits per heavy atom. The quantitative estimate of drug-likeness (QED) is 0.361. The van der Waals surface area contributed by atoms with Gasteiger partial charge in [-0.1, -0.05) is 6.07 Å². The summed E-state index contributed by atoms with van der Waals surface area (Å²) in [6.07, 6.45) is 0. The molecule has 1 saturated heterocycles. The number of nitrogens with one attached hydrogen (secondary N) is 1. The van der Waals surface area contributed by atoms with Crippen molar-refractivity contribution in [3.8, 4) is 11.5 Å². The number of halogens is 1. The Balaban J connectivity index is 0.00000312. The van der Waals surface area contributed by atoms with Gasteiger partial charge in [0.25, 0.3) is 0 Å². The first kappa shape index (κ1) is 21.8. The van der Waals surface area contributed by atoms with Gasteiger partial charge in [0, 0.05) is 25.7 Å². The lowest BCUT2D eigenvalue weighted by molar-refractivity contribution is 0.0212. The van der Waals surface area contributed by atoms with E-state index in [0.717, 1.165) is 38.4 Å². The van der Waals surface area contributed by atoms with E-state index in [-0.39, 0.29) is 24.0 Å². The van der Waals surface area contributed by atoms with Gasteiger partial charge in [-0.05, 0) is 24.6 Å². The molecule has 1 aliphatic rings. The Bertz CT molecular complexity index is 551. The van der Waals surface area contributed by atoms with Gasteiger partial charge in [0.05, 0.1) is 34.0 Å². The van der Waals surface area contributed by atoms with Gasteiger partial charge < -0.3 is 25.3 Å². The Hall–Kier alpha value is -1.26. The lowest BCUT2D eigenvalue weighted by Crippen LogP contribution is -2.48. The van der Waals surface area contributed by atoms with Gasteiger partial charge in [0.15, 0.2) is 17.5 Å². The van der Waals surface area contributed by atoms with Crippen LogP contribution in [0, 0.1) is 0 Å². The lowest BCUT2D eigenvalue weighted by Gasteiger charge is -2.32. The van der Waals surface area contributed by atoms with E-state index < -0.39 is 0 Å². The minimum Gasteiger partial charge on any atom is -0.493 e. The second-order valence-corrected chi connectivity index (χ2v) is 5.77. The van der Waals surface area contributed by atoms with Crippen LogP contribution in [0.25, 0.3) is 0 Å². The highest BCUT2D eigenvalue weighted by atomic mass is 127. The van der Waals surface area contributed by atoms with Crippen molar-refractivity contribution in [3.63, 3.8) is 0 Å². The summed E-state index contributed by atoms with van der Waals surface area (Å²) in [6.45, 7) is 6.96. The second-order valence-electron chi connectivity index (χ2n) is 5.77. The normalized spacial score (nSPS) is 16.7. The van der Waals surface area contributed by atoms with Crippen molar-refractivity contribution in [1.82, 2.24) is 10.2 Å². The van der Waals surface area contributed by atoms with Gasteiger partial charge in [-0.15, -0.1) is 24.0 Å². The molecule has 1 unspecified atom stereocenters. The number of hydrogen-bond donors (Lipinski definition) is 2. The number of nitrogens with two attached hydrogens (primary N) is 1. The Labute approximate surface area is 166 Å². The highest BCUT2D eigenvalue weighted by molar-refractivity contribution is 14.0. The van der Waals surface area contributed by atoms with E-state index in [4.69, 9.17) is 19.9 Å². The SMILES string of the molecule is COc1ccc(CN=C(N)NCC(C)N2CCOCC2)cc1OC.I. The molecular formula is C17H29IN4O3. The first-order chi connectivity index (χ1) is 11.6. The van der Waals surface area contributed by atoms with Crippen molar-refractivity contribution in [1.29, 1.82) is 0 Å². The van der Waals surface area contributed by atoms with Crippen LogP contribution in [0.1, 0.15) is 12.5 Å². The number of aliphatic imine (C=N–C) groups is 1. The maximum atomic E-state index is 5.97. The monoisotopic (exact) mass is 464 g/mol. The largest absolute Gasteiger partial charge is 0.493 e. The zero-order valence-electron chi connectivity index (χ0n) is 15.2. The summed E-state index contributed by atoms with van der Waals surface area (Å²) < 4.78 is 15.9. The van der Waals surface area contributed by atoms with Gasteiger partial charge in [0.1, 0.15) is 0 Å². The Morgan fingerprint density at radius 1 is 1.28 bits per heavy atom. The van der Waals surface area contributed by atoms with Crippen LogP contribution in [0.2, 0.25) is 0 Å². The van der Waals surface area contributed by atoms with Crippen LogP contribution in [-0.4, -0.2) is 64.0 Å². The molecule has 0 radical (unpaired) electrons. The molecule has 0 aromatic heterocycles. The van der Waals surface area contributed by atoms with Crippen LogP contribution in [0.4, 0.5) is 0 Å². The predicted octanol–water partition coefficient (Wildman–Crippen LogP) is 1.45. The summed E-state index contributed by atoms with van der Waals surface area (Å²) in [7, 11) is 3.24. The first-order valence-electron chi connectivity index (χ1n) is 8.20. The number of nitrogens with zero attached hydrogens (tertiary/aromatic N) is 2. The van der Waals surface area contributed by atoms with Crippen LogP contribution in [0.5, 0.6) is 11.5 Å². The minimum absolute atomic E-state index is 0. The van der Waals surface area contributed by atoms with E-state index in [1.165, 1.54) is 0 Å². The molecule has 0 aliphatic carbocycles. The smallest absolute Gasteiger partial charge is 0.188 e. The van der Waals surface area contributed by atoms with Crippen LogP contribution in [-0.2, 0) is 11.3 Å². The molecule has 7 nitrogen and oxygen atoms in total. The summed E-state index contributed by atoms with van der Waals surface area (Å²) in [5, 5.41) is 3.19. The highest BCUT2D eigenvalue weighted by Crippen LogP contribution is 2.27. The second kappa shape index (κ2) is 11.4. The van der Waals surface area contributed by atoms with Crippen LogP contribution in [0.15, 0.2) is 23.2 Å². The third kappa shape index (κ3) is 6.87. The van der Waals surface area contributed by atoms with E-state index in [1.807, 2.05) is 18.2 Å². The zero-order valence-corrected chi connectivity index (χ0v) is 17.5. The van der Waals surface area contributed by atoms with Gasteiger partial charge in [-0.3, -0.25) is 4.90 Å². The summed E-state index contributed by atoms with van der Waals surface area (Å²) in [6, 6.07) is 6.12. The first-order valence-corrected chi connectivity index (χ1v) is 8.20. The number of ether oxygens (including phenoxy) is 3. The maximum Gasteiger partial charge on any atom is 0.188 e. The van der Waals surface area contributed by atoms with E-state index in [0.29, 0.717) is 30.0 Å². The third-order valence-corrected chi connectivity index (χ3v) is 4.13. The molecule has 0 bridgehead atoms. The molecular weight excluding hydrogens is 435 g/mol. The highest BCUT2D eigenvalue weighted by Gasteiger charge is 2.16. The number of hydrogen-bond acceptors (Lipinski definition) is 5. The van der Waals surface area contributed by atoms with E-state index in [9.17, 15) is 0 Å². The predicted molar refractivity (Wildman–Crippen MR) is 110 cm³/mol. The average Bonchev–Trinajstić information content (AvgIpc) is 2.64. The molecule has 3 N–H and O–H groups in total. The fraction of sp³-hybridized carbons (Fsp3) is 0.588. The van der Waals surface area contributed by atoms with Crippen LogP contribution >= 0.6 is 24.0 Å². The van der Waals surface area contributed by atoms with E-state index >= 15 is 0 Å². The minimum atomic E-state index is 0. The number of methoxy groups -OCH3 is 2. The standard InChI is InChI=1S/C17H28N4O3.HI/c1-13(21-6-8-24-9-7-21)11-19-17(18)20-12-14-4-5-15(22-2)16(10-14)23-3;/h4-5,10,13H,6-9,11-12H2,1-3H3,(H3,18,19,20);1H. The van der Waals surface area contributed by atoms with Gasteiger partial charge >= 0.3 is 0 Å². The maximum absolute atomic E-state index is 5.97. The molecule has 2 rings (SSSR count). The van der Waals surface area contributed by atoms with Crippen molar-refractivity contribution < 1.29 is 14.2 Å². The van der Waals surface area contributed by atoms with Gasteiger partial charge in [-0.25, -0.2) is 4.99 Å². The molecule has 1 aliphatic heterocycles. The Kier molecular flexibility index (Phi) is 9.91. The van der Waals surface area contributed by atoms with Crippen molar-refractivity contribution in [2.45, 2.75) is 19.5 Å². The number of morpholine rings is 1. The molecule has 1 aromatic rings. The molecule has 1 aromatic carbocycles. The molecule has 142 valence electrons. The van der Waals surface area contributed by atoms with Crippen molar-refractivity contribution in [3.05, 3.63) is 23.8 Å². The van der Waals surface area contributed by atoms with E-state index in [1.54, 1.807) is 14.2 Å². The average molecular weight is 464 g/mol. The van der Waals surface area contributed by atoms with Gasteiger partial charge in [0.2, 0.25) is 0 Å². The molecule has 1 atom stereocenters. The molecule has 8 heteroatoms. The Morgan fingerprint density at radius 3 is 2.60 bits per heavy atom. The summed E-state index contributed by atoms with van der Waals surface area (Å²) >= 11 is 0. The lowest BCUT2D eigenvalue weighted by atomic mass is 10.2. The number of benzene rings is 1. The van der Waals surface area contributed by atoms with E-state index in [2.05, 4.69) is 22.1 Å². The van der Waals surface area contributed by atoms with Crippen molar-refractivity contribution in [2.75, 3.05) is 47.1 Å². The third-order valence-electron chi connectivity index (χ3n) is 4.13. The topological polar surface area (TPSA) is 81.3 Å². The number of guanidine groups is 1. The molecule has 1 fully saturated rings. The van der Waals surface area contributed by atoms with Crippen LogP contribution in [0.3, 0.4) is 0 Å². The molecule has 0 spiro atoms.